The van der Waals surface area contributed by atoms with Gasteiger partial charge < -0.3 is 30.9 Å². The number of benzene rings is 2. The largest absolute Gasteiger partial charge is 0.444 e. The number of hydrogen-bond acceptors (Lipinski definition) is 6. The SMILES string of the molecule is C/C=C(/CC1C=CC(NC(=O)[C@@H](CCCc2ccccc2)NC(=O)C(C)(C)NC(=O)OC(C)(C)C)=C1)N1CCC[C@H]1C(=O)NCc1ccccc1. The Morgan fingerprint density at radius 3 is 2.27 bits per heavy atom. The molecule has 0 saturated carbocycles. The summed E-state index contributed by atoms with van der Waals surface area (Å²) in [6.45, 7) is 11.7. The molecule has 1 aliphatic heterocycles. The van der Waals surface area contributed by atoms with Crippen molar-refractivity contribution in [1.82, 2.24) is 26.2 Å². The molecule has 1 heterocycles. The van der Waals surface area contributed by atoms with Crippen molar-refractivity contribution in [2.45, 2.75) is 110 Å². The maximum Gasteiger partial charge on any atom is 0.408 e. The van der Waals surface area contributed by atoms with Gasteiger partial charge in [0.1, 0.15) is 23.2 Å². The van der Waals surface area contributed by atoms with E-state index in [1.807, 2.05) is 79.7 Å². The van der Waals surface area contributed by atoms with Crippen molar-refractivity contribution in [1.29, 1.82) is 0 Å². The molecule has 1 aliphatic carbocycles. The second-order valence-corrected chi connectivity index (χ2v) is 14.8. The highest BCUT2D eigenvalue weighted by molar-refractivity contribution is 5.94. The first-order valence-electron chi connectivity index (χ1n) is 18.0. The highest BCUT2D eigenvalue weighted by Gasteiger charge is 2.35. The van der Waals surface area contributed by atoms with Crippen molar-refractivity contribution in [3.8, 4) is 0 Å². The lowest BCUT2D eigenvalue weighted by molar-refractivity contribution is -0.131. The zero-order valence-corrected chi connectivity index (χ0v) is 31.0. The van der Waals surface area contributed by atoms with Crippen molar-refractivity contribution < 1.29 is 23.9 Å². The molecule has 0 radical (unpaired) electrons. The third-order valence-electron chi connectivity index (χ3n) is 9.00. The molecule has 2 aromatic rings. The van der Waals surface area contributed by atoms with Gasteiger partial charge in [0.05, 0.1) is 0 Å². The molecule has 3 atom stereocenters. The van der Waals surface area contributed by atoms with Crippen LogP contribution in [0.3, 0.4) is 0 Å². The summed E-state index contributed by atoms with van der Waals surface area (Å²) < 4.78 is 5.35. The summed E-state index contributed by atoms with van der Waals surface area (Å²) in [4.78, 5) is 55.1. The van der Waals surface area contributed by atoms with E-state index < -0.39 is 29.2 Å². The Hall–Kier alpha value is -4.86. The number of nitrogens with one attached hydrogen (secondary N) is 4. The first-order valence-corrected chi connectivity index (χ1v) is 18.0. The first kappa shape index (κ1) is 38.9. The summed E-state index contributed by atoms with van der Waals surface area (Å²) in [7, 11) is 0. The van der Waals surface area contributed by atoms with Gasteiger partial charge in [0, 0.05) is 30.4 Å². The van der Waals surface area contributed by atoms with Gasteiger partial charge in [-0.05, 0) is 97.3 Å². The zero-order valence-electron chi connectivity index (χ0n) is 31.0. The van der Waals surface area contributed by atoms with Gasteiger partial charge in [0.2, 0.25) is 17.7 Å². The minimum absolute atomic E-state index is 0.0308. The monoisotopic (exact) mass is 697 g/mol. The lowest BCUT2D eigenvalue weighted by atomic mass is 10.0. The molecule has 4 rings (SSSR count). The zero-order chi connectivity index (χ0) is 37.0. The van der Waals surface area contributed by atoms with Crippen LogP contribution in [0.1, 0.15) is 84.8 Å². The summed E-state index contributed by atoms with van der Waals surface area (Å²) in [6.07, 6.45) is 11.6. The Balaban J connectivity index is 1.37. The van der Waals surface area contributed by atoms with E-state index in [0.717, 1.165) is 42.6 Å². The lowest BCUT2D eigenvalue weighted by Gasteiger charge is -2.29. The number of carbonyl (C=O) groups is 4. The molecule has 1 saturated heterocycles. The van der Waals surface area contributed by atoms with Crippen LogP contribution in [0.4, 0.5) is 4.79 Å². The number of allylic oxidation sites excluding steroid dienone is 5. The number of carbonyl (C=O) groups excluding carboxylic acids is 4. The van der Waals surface area contributed by atoms with E-state index >= 15 is 0 Å². The summed E-state index contributed by atoms with van der Waals surface area (Å²) in [5.41, 5.74) is 1.92. The third-order valence-corrected chi connectivity index (χ3v) is 9.00. The van der Waals surface area contributed by atoms with E-state index in [4.69, 9.17) is 4.74 Å². The molecule has 0 aromatic heterocycles. The second kappa shape index (κ2) is 17.9. The molecule has 2 aliphatic rings. The van der Waals surface area contributed by atoms with Crippen LogP contribution in [-0.2, 0) is 32.1 Å². The van der Waals surface area contributed by atoms with Gasteiger partial charge in [-0.3, -0.25) is 14.4 Å². The Morgan fingerprint density at radius 2 is 1.63 bits per heavy atom. The average molecular weight is 698 g/mol. The molecular formula is C41H55N5O5. The summed E-state index contributed by atoms with van der Waals surface area (Å²) in [5.74, 6) is -0.760. The minimum atomic E-state index is -1.33. The van der Waals surface area contributed by atoms with E-state index in [9.17, 15) is 19.2 Å². The molecule has 1 fully saturated rings. The van der Waals surface area contributed by atoms with Crippen LogP contribution in [0.2, 0.25) is 0 Å². The van der Waals surface area contributed by atoms with Gasteiger partial charge in [0.15, 0.2) is 0 Å². The lowest BCUT2D eigenvalue weighted by Crippen LogP contribution is -2.59. The predicted octanol–water partition coefficient (Wildman–Crippen LogP) is 6.06. The van der Waals surface area contributed by atoms with E-state index in [1.165, 1.54) is 0 Å². The normalized spacial score (nSPS) is 18.1. The topological polar surface area (TPSA) is 129 Å². The van der Waals surface area contributed by atoms with Gasteiger partial charge in [-0.2, -0.15) is 0 Å². The van der Waals surface area contributed by atoms with Gasteiger partial charge >= 0.3 is 6.09 Å². The van der Waals surface area contributed by atoms with Crippen molar-refractivity contribution in [2.75, 3.05) is 6.54 Å². The fraction of sp³-hybridized carbons (Fsp3) is 0.463. The van der Waals surface area contributed by atoms with E-state index in [1.54, 1.807) is 34.6 Å². The Morgan fingerprint density at radius 1 is 0.961 bits per heavy atom. The van der Waals surface area contributed by atoms with Crippen molar-refractivity contribution >= 4 is 23.8 Å². The second-order valence-electron chi connectivity index (χ2n) is 14.8. The maximum absolute atomic E-state index is 13.7. The molecule has 4 N–H and O–H groups in total. The number of hydrogen-bond donors (Lipinski definition) is 4. The predicted molar refractivity (Wildman–Crippen MR) is 200 cm³/mol. The molecule has 10 heteroatoms. The fourth-order valence-corrected chi connectivity index (χ4v) is 6.32. The molecule has 0 spiro atoms. The smallest absolute Gasteiger partial charge is 0.408 e. The molecule has 0 bridgehead atoms. The van der Waals surface area contributed by atoms with Crippen LogP contribution in [0, 0.1) is 5.92 Å². The van der Waals surface area contributed by atoms with Crippen molar-refractivity contribution in [2.24, 2.45) is 5.92 Å². The van der Waals surface area contributed by atoms with Crippen LogP contribution in [-0.4, -0.2) is 58.5 Å². The third kappa shape index (κ3) is 12.2. The Bertz CT molecular complexity index is 1590. The van der Waals surface area contributed by atoms with Crippen LogP contribution >= 0.6 is 0 Å². The van der Waals surface area contributed by atoms with Gasteiger partial charge in [-0.15, -0.1) is 0 Å². The molecule has 2 aromatic carbocycles. The van der Waals surface area contributed by atoms with Crippen molar-refractivity contribution in [3.63, 3.8) is 0 Å². The Kier molecular flexibility index (Phi) is 13.6. The number of rotatable bonds is 15. The van der Waals surface area contributed by atoms with E-state index in [0.29, 0.717) is 31.5 Å². The number of likely N-dealkylation sites (tertiary alicyclic amines) is 1. The van der Waals surface area contributed by atoms with Gasteiger partial charge in [-0.1, -0.05) is 78.9 Å². The number of nitrogens with zero attached hydrogens (tertiary/aromatic N) is 1. The molecule has 10 nitrogen and oxygen atoms in total. The van der Waals surface area contributed by atoms with Crippen molar-refractivity contribution in [3.05, 3.63) is 107 Å². The fourth-order valence-electron chi connectivity index (χ4n) is 6.32. The Labute approximate surface area is 303 Å². The standard InChI is InChI=1S/C41H55N5O5/c1-7-33(46-25-15-22-35(46)37(48)42-28-30-18-12-9-13-19-30)27-31-23-24-32(26-31)43-36(47)34(21-14-20-29-16-10-8-11-17-29)44-38(49)41(5,6)45-39(50)51-40(2,3)4/h7-13,16-19,23-24,26,31,34-35H,14-15,20-22,25,27-28H2,1-6H3,(H,42,48)(H,43,47)(H,44,49)(H,45,50)/b33-7-/t31?,34-,35+/m1/s1. The molecular weight excluding hydrogens is 642 g/mol. The summed E-state index contributed by atoms with van der Waals surface area (Å²) in [6, 6.07) is 18.8. The highest BCUT2D eigenvalue weighted by Crippen LogP contribution is 2.29. The van der Waals surface area contributed by atoms with E-state index in [-0.39, 0.29) is 23.8 Å². The summed E-state index contributed by atoms with van der Waals surface area (Å²) >= 11 is 0. The van der Waals surface area contributed by atoms with Crippen LogP contribution in [0.15, 0.2) is 96.4 Å². The van der Waals surface area contributed by atoms with Gasteiger partial charge in [0.25, 0.3) is 0 Å². The molecule has 1 unspecified atom stereocenters. The van der Waals surface area contributed by atoms with Crippen LogP contribution < -0.4 is 21.3 Å². The van der Waals surface area contributed by atoms with Gasteiger partial charge in [-0.25, -0.2) is 4.79 Å². The van der Waals surface area contributed by atoms with Crippen LogP contribution in [0.25, 0.3) is 0 Å². The molecule has 51 heavy (non-hydrogen) atoms. The highest BCUT2D eigenvalue weighted by atomic mass is 16.6. The number of amides is 4. The number of alkyl carbamates (subject to hydrolysis) is 1. The number of ether oxygens (including phenoxy) is 1. The minimum Gasteiger partial charge on any atom is -0.444 e. The van der Waals surface area contributed by atoms with Crippen LogP contribution in [0.5, 0.6) is 0 Å². The first-order chi connectivity index (χ1) is 24.2. The maximum atomic E-state index is 13.7. The number of aryl methyl sites for hydroxylation is 1. The van der Waals surface area contributed by atoms with E-state index in [2.05, 4.69) is 38.3 Å². The molecule has 4 amide bonds. The average Bonchev–Trinajstić information content (AvgIpc) is 3.75. The molecule has 274 valence electrons. The summed E-state index contributed by atoms with van der Waals surface area (Å²) in [5, 5.41) is 11.6. The quantitative estimate of drug-likeness (QED) is 0.179.